The minimum absolute atomic E-state index is 0.0961. The van der Waals surface area contributed by atoms with E-state index in [4.69, 9.17) is 10.5 Å². The average Bonchev–Trinajstić information content (AvgIpc) is 2.48. The number of nitrogens with two attached hydrogens (primary N) is 1. The zero-order chi connectivity index (χ0) is 16.3. The normalized spacial score (nSPS) is 11.1. The minimum Gasteiger partial charge on any atom is -0.495 e. The van der Waals surface area contributed by atoms with Crippen LogP contribution in [0.5, 0.6) is 5.75 Å². The third-order valence-electron chi connectivity index (χ3n) is 3.80. The van der Waals surface area contributed by atoms with Gasteiger partial charge >= 0.3 is 0 Å². The fourth-order valence-corrected chi connectivity index (χ4v) is 2.23. The van der Waals surface area contributed by atoms with E-state index in [0.717, 1.165) is 11.1 Å². The van der Waals surface area contributed by atoms with Crippen molar-refractivity contribution in [3.8, 4) is 5.75 Å². The first-order valence-electron chi connectivity index (χ1n) is 7.16. The summed E-state index contributed by atoms with van der Waals surface area (Å²) in [6.07, 6.45) is 0. The van der Waals surface area contributed by atoms with Gasteiger partial charge in [0.15, 0.2) is 0 Å². The molecule has 0 aromatic heterocycles. The van der Waals surface area contributed by atoms with Crippen LogP contribution in [0.2, 0.25) is 0 Å². The van der Waals surface area contributed by atoms with E-state index in [1.807, 2.05) is 51.1 Å². The van der Waals surface area contributed by atoms with Gasteiger partial charge in [0, 0.05) is 5.69 Å². The van der Waals surface area contributed by atoms with Crippen molar-refractivity contribution in [1.82, 2.24) is 0 Å². The van der Waals surface area contributed by atoms with Gasteiger partial charge in [0.25, 0.3) is 0 Å². The summed E-state index contributed by atoms with van der Waals surface area (Å²) in [4.78, 5) is 12.7. The monoisotopic (exact) mass is 298 g/mol. The SMILES string of the molecule is COc1ccc(C)cc1NC(=O)C(C)(C)c1ccc(N)cc1. The van der Waals surface area contributed by atoms with Gasteiger partial charge in [-0.25, -0.2) is 0 Å². The lowest BCUT2D eigenvalue weighted by molar-refractivity contribution is -0.120. The van der Waals surface area contributed by atoms with Crippen molar-refractivity contribution in [3.63, 3.8) is 0 Å². The largest absolute Gasteiger partial charge is 0.495 e. The number of nitrogens with one attached hydrogen (secondary N) is 1. The van der Waals surface area contributed by atoms with E-state index in [1.165, 1.54) is 0 Å². The molecule has 2 aromatic rings. The zero-order valence-electron chi connectivity index (χ0n) is 13.4. The van der Waals surface area contributed by atoms with E-state index in [0.29, 0.717) is 17.1 Å². The summed E-state index contributed by atoms with van der Waals surface area (Å²) in [5.74, 6) is 0.549. The van der Waals surface area contributed by atoms with Gasteiger partial charge in [-0.3, -0.25) is 4.79 Å². The summed E-state index contributed by atoms with van der Waals surface area (Å²) in [6.45, 7) is 5.74. The van der Waals surface area contributed by atoms with Gasteiger partial charge in [-0.2, -0.15) is 0 Å². The maximum Gasteiger partial charge on any atom is 0.234 e. The molecule has 2 rings (SSSR count). The summed E-state index contributed by atoms with van der Waals surface area (Å²) >= 11 is 0. The second kappa shape index (κ2) is 6.10. The maximum atomic E-state index is 12.7. The molecule has 1 amide bonds. The Hall–Kier alpha value is -2.49. The maximum absolute atomic E-state index is 12.7. The number of rotatable bonds is 4. The lowest BCUT2D eigenvalue weighted by Gasteiger charge is -2.25. The Balaban J connectivity index is 2.28. The molecule has 0 unspecified atom stereocenters. The van der Waals surface area contributed by atoms with E-state index in [2.05, 4.69) is 5.32 Å². The van der Waals surface area contributed by atoms with Crippen molar-refractivity contribution in [2.45, 2.75) is 26.2 Å². The molecule has 0 fully saturated rings. The Bertz CT molecular complexity index is 676. The van der Waals surface area contributed by atoms with Crippen molar-refractivity contribution in [2.75, 3.05) is 18.2 Å². The van der Waals surface area contributed by atoms with Crippen LogP contribution in [0.15, 0.2) is 42.5 Å². The number of ether oxygens (including phenoxy) is 1. The van der Waals surface area contributed by atoms with Crippen molar-refractivity contribution in [2.24, 2.45) is 0 Å². The number of benzene rings is 2. The van der Waals surface area contributed by atoms with E-state index < -0.39 is 5.41 Å². The van der Waals surface area contributed by atoms with Crippen molar-refractivity contribution < 1.29 is 9.53 Å². The summed E-state index contributed by atoms with van der Waals surface area (Å²) in [5, 5.41) is 2.96. The van der Waals surface area contributed by atoms with Crippen LogP contribution in [0.4, 0.5) is 11.4 Å². The van der Waals surface area contributed by atoms with Crippen LogP contribution in [-0.4, -0.2) is 13.0 Å². The van der Waals surface area contributed by atoms with Crippen LogP contribution in [0, 0.1) is 6.92 Å². The molecule has 0 aliphatic carbocycles. The highest BCUT2D eigenvalue weighted by atomic mass is 16.5. The molecule has 4 nitrogen and oxygen atoms in total. The highest BCUT2D eigenvalue weighted by Gasteiger charge is 2.30. The second-order valence-electron chi connectivity index (χ2n) is 5.90. The predicted molar refractivity (Wildman–Crippen MR) is 90.2 cm³/mol. The van der Waals surface area contributed by atoms with E-state index in [-0.39, 0.29) is 5.91 Å². The smallest absolute Gasteiger partial charge is 0.234 e. The molecule has 0 bridgehead atoms. The molecule has 0 spiro atoms. The Kier molecular flexibility index (Phi) is 4.40. The van der Waals surface area contributed by atoms with Gasteiger partial charge in [-0.1, -0.05) is 18.2 Å². The van der Waals surface area contributed by atoms with Crippen LogP contribution < -0.4 is 15.8 Å². The van der Waals surface area contributed by atoms with E-state index in [9.17, 15) is 4.79 Å². The highest BCUT2D eigenvalue weighted by Crippen LogP contribution is 2.30. The Labute approximate surface area is 131 Å². The van der Waals surface area contributed by atoms with Crippen molar-refractivity contribution in [3.05, 3.63) is 53.6 Å². The summed E-state index contributed by atoms with van der Waals surface area (Å²) in [7, 11) is 1.59. The summed E-state index contributed by atoms with van der Waals surface area (Å²) in [5.41, 5.74) is 8.35. The average molecular weight is 298 g/mol. The van der Waals surface area contributed by atoms with Crippen molar-refractivity contribution >= 4 is 17.3 Å². The van der Waals surface area contributed by atoms with E-state index >= 15 is 0 Å². The number of nitrogen functional groups attached to an aromatic ring is 1. The second-order valence-corrected chi connectivity index (χ2v) is 5.90. The third kappa shape index (κ3) is 3.22. The fourth-order valence-electron chi connectivity index (χ4n) is 2.23. The topological polar surface area (TPSA) is 64.3 Å². The molecule has 0 aliphatic heterocycles. The van der Waals surface area contributed by atoms with Gasteiger partial charge in [-0.05, 0) is 56.2 Å². The Morgan fingerprint density at radius 3 is 2.36 bits per heavy atom. The van der Waals surface area contributed by atoms with Crippen LogP contribution in [-0.2, 0) is 10.2 Å². The van der Waals surface area contributed by atoms with Gasteiger partial charge in [-0.15, -0.1) is 0 Å². The summed E-state index contributed by atoms with van der Waals surface area (Å²) in [6, 6.07) is 13.1. The molecule has 0 saturated heterocycles. The van der Waals surface area contributed by atoms with Crippen molar-refractivity contribution in [1.29, 1.82) is 0 Å². The molecule has 0 atom stereocenters. The fraction of sp³-hybridized carbons (Fsp3) is 0.278. The molecule has 0 radical (unpaired) electrons. The van der Waals surface area contributed by atoms with Gasteiger partial charge < -0.3 is 15.8 Å². The molecule has 0 aliphatic rings. The first kappa shape index (κ1) is 15.9. The molecular formula is C18H22N2O2. The quantitative estimate of drug-likeness (QED) is 0.849. The van der Waals surface area contributed by atoms with Gasteiger partial charge in [0.1, 0.15) is 5.75 Å². The van der Waals surface area contributed by atoms with Gasteiger partial charge in [0.05, 0.1) is 18.2 Å². The highest BCUT2D eigenvalue weighted by molar-refractivity contribution is 5.99. The van der Waals surface area contributed by atoms with Gasteiger partial charge in [0.2, 0.25) is 5.91 Å². The Morgan fingerprint density at radius 2 is 1.77 bits per heavy atom. The number of carbonyl (C=O) groups is 1. The predicted octanol–water partition coefficient (Wildman–Crippen LogP) is 3.50. The number of carbonyl (C=O) groups excluding carboxylic acids is 1. The molecular weight excluding hydrogens is 276 g/mol. The minimum atomic E-state index is -0.678. The third-order valence-corrected chi connectivity index (χ3v) is 3.80. The number of amides is 1. The standard InChI is InChI=1S/C18H22N2O2/c1-12-5-10-16(22-4)15(11-12)20-17(21)18(2,3)13-6-8-14(19)9-7-13/h5-11H,19H2,1-4H3,(H,20,21). The molecule has 116 valence electrons. The molecule has 3 N–H and O–H groups in total. The van der Waals surface area contributed by atoms with Crippen LogP contribution >= 0.6 is 0 Å². The number of aryl methyl sites for hydroxylation is 1. The van der Waals surface area contributed by atoms with Crippen LogP contribution in [0.3, 0.4) is 0 Å². The number of hydrogen-bond donors (Lipinski definition) is 2. The van der Waals surface area contributed by atoms with Crippen LogP contribution in [0.1, 0.15) is 25.0 Å². The molecule has 22 heavy (non-hydrogen) atoms. The molecule has 0 saturated carbocycles. The first-order chi connectivity index (χ1) is 10.3. The number of anilines is 2. The lowest BCUT2D eigenvalue weighted by atomic mass is 9.83. The van der Waals surface area contributed by atoms with E-state index in [1.54, 1.807) is 19.2 Å². The zero-order valence-corrected chi connectivity index (χ0v) is 13.4. The Morgan fingerprint density at radius 1 is 1.14 bits per heavy atom. The van der Waals surface area contributed by atoms with Crippen LogP contribution in [0.25, 0.3) is 0 Å². The molecule has 2 aromatic carbocycles. The molecule has 4 heteroatoms. The summed E-state index contributed by atoms with van der Waals surface area (Å²) < 4.78 is 5.30. The number of methoxy groups -OCH3 is 1. The first-order valence-corrected chi connectivity index (χ1v) is 7.16. The number of hydrogen-bond acceptors (Lipinski definition) is 3. The molecule has 0 heterocycles. The lowest BCUT2D eigenvalue weighted by Crippen LogP contribution is -2.34.